The summed E-state index contributed by atoms with van der Waals surface area (Å²) >= 11 is 0. The first-order valence-corrected chi connectivity index (χ1v) is 11.2. The standard InChI is InChI=1S/C25H24F2N4O2/c26-20-11-10-18(14-21(20)27)31-22-8-4-7-19(22)24(29-31)25(33)28-15-16-5-3-6-17(13-16)30-12-2-1-9-23(30)32/h3,5-6,10-11,13-14H,1-2,4,7-9,12,15H2,(H,28,33). The first kappa shape index (κ1) is 21.3. The average molecular weight is 450 g/mol. The van der Waals surface area contributed by atoms with E-state index in [-0.39, 0.29) is 11.8 Å². The van der Waals surface area contributed by atoms with Gasteiger partial charge in [0.05, 0.1) is 5.69 Å². The van der Waals surface area contributed by atoms with Crippen molar-refractivity contribution in [2.24, 2.45) is 0 Å². The second kappa shape index (κ2) is 8.77. The Hall–Kier alpha value is -3.55. The van der Waals surface area contributed by atoms with Crippen LogP contribution in [0.5, 0.6) is 0 Å². The quantitative estimate of drug-likeness (QED) is 0.637. The maximum absolute atomic E-state index is 13.8. The molecule has 2 heterocycles. The van der Waals surface area contributed by atoms with Crippen LogP contribution in [0.1, 0.15) is 53.0 Å². The second-order valence-electron chi connectivity index (χ2n) is 8.49. The Kier molecular flexibility index (Phi) is 5.66. The maximum atomic E-state index is 13.8. The highest BCUT2D eigenvalue weighted by Gasteiger charge is 2.27. The van der Waals surface area contributed by atoms with Gasteiger partial charge in [0.2, 0.25) is 5.91 Å². The number of anilines is 1. The Balaban J connectivity index is 1.34. The summed E-state index contributed by atoms with van der Waals surface area (Å²) < 4.78 is 28.7. The van der Waals surface area contributed by atoms with Crippen LogP contribution in [0.3, 0.4) is 0 Å². The molecule has 2 aliphatic rings. The van der Waals surface area contributed by atoms with Crippen LogP contribution in [0, 0.1) is 11.6 Å². The summed E-state index contributed by atoms with van der Waals surface area (Å²) in [6.45, 7) is 1.00. The number of benzene rings is 2. The summed E-state index contributed by atoms with van der Waals surface area (Å²) in [5.41, 5.74) is 4.15. The Morgan fingerprint density at radius 1 is 0.970 bits per heavy atom. The maximum Gasteiger partial charge on any atom is 0.272 e. The minimum Gasteiger partial charge on any atom is -0.347 e. The molecule has 1 fully saturated rings. The van der Waals surface area contributed by atoms with E-state index in [1.807, 2.05) is 24.3 Å². The zero-order chi connectivity index (χ0) is 22.9. The minimum absolute atomic E-state index is 0.126. The zero-order valence-corrected chi connectivity index (χ0v) is 18.1. The van der Waals surface area contributed by atoms with Gasteiger partial charge in [-0.2, -0.15) is 5.10 Å². The number of piperidine rings is 1. The van der Waals surface area contributed by atoms with Crippen LogP contribution in [-0.4, -0.2) is 28.1 Å². The molecule has 33 heavy (non-hydrogen) atoms. The number of amides is 2. The van der Waals surface area contributed by atoms with Crippen LogP contribution < -0.4 is 10.2 Å². The van der Waals surface area contributed by atoms with E-state index in [1.54, 1.807) is 9.58 Å². The molecule has 8 heteroatoms. The van der Waals surface area contributed by atoms with Crippen LogP contribution in [0.4, 0.5) is 14.5 Å². The molecule has 1 N–H and O–H groups in total. The molecule has 0 spiro atoms. The van der Waals surface area contributed by atoms with E-state index in [0.29, 0.717) is 37.3 Å². The molecule has 3 aromatic rings. The Labute approximate surface area is 190 Å². The van der Waals surface area contributed by atoms with Crippen LogP contribution >= 0.6 is 0 Å². The number of halogens is 2. The molecule has 5 rings (SSSR count). The molecule has 1 aromatic heterocycles. The van der Waals surface area contributed by atoms with Crippen LogP contribution in [0.25, 0.3) is 5.69 Å². The van der Waals surface area contributed by atoms with Gasteiger partial charge in [0.15, 0.2) is 17.3 Å². The molecule has 0 atom stereocenters. The molecule has 0 unspecified atom stereocenters. The van der Waals surface area contributed by atoms with Crippen molar-refractivity contribution < 1.29 is 18.4 Å². The van der Waals surface area contributed by atoms with Gasteiger partial charge in [-0.15, -0.1) is 0 Å². The van der Waals surface area contributed by atoms with Crippen molar-refractivity contribution in [2.75, 3.05) is 11.4 Å². The third-order valence-electron chi connectivity index (χ3n) is 6.29. The molecule has 1 saturated heterocycles. The van der Waals surface area contributed by atoms with Crippen molar-refractivity contribution >= 4 is 17.5 Å². The monoisotopic (exact) mass is 450 g/mol. The molecule has 0 radical (unpaired) electrons. The van der Waals surface area contributed by atoms with Gasteiger partial charge in [-0.3, -0.25) is 9.59 Å². The molecule has 2 amide bonds. The average Bonchev–Trinajstić information content (AvgIpc) is 3.43. The molecule has 6 nitrogen and oxygen atoms in total. The van der Waals surface area contributed by atoms with E-state index >= 15 is 0 Å². The van der Waals surface area contributed by atoms with Gasteiger partial charge in [-0.1, -0.05) is 12.1 Å². The molecule has 0 bridgehead atoms. The molecule has 2 aromatic carbocycles. The summed E-state index contributed by atoms with van der Waals surface area (Å²) in [6, 6.07) is 11.2. The zero-order valence-electron chi connectivity index (χ0n) is 18.1. The lowest BCUT2D eigenvalue weighted by Gasteiger charge is -2.27. The molecule has 1 aliphatic carbocycles. The minimum atomic E-state index is -0.951. The number of nitrogens with one attached hydrogen (secondary N) is 1. The second-order valence-corrected chi connectivity index (χ2v) is 8.49. The van der Waals surface area contributed by atoms with E-state index in [9.17, 15) is 18.4 Å². The van der Waals surface area contributed by atoms with Gasteiger partial charge in [-0.05, 0) is 61.9 Å². The van der Waals surface area contributed by atoms with E-state index in [0.717, 1.165) is 60.3 Å². The summed E-state index contributed by atoms with van der Waals surface area (Å²) in [5.74, 6) is -2.06. The fourth-order valence-electron chi connectivity index (χ4n) is 4.63. The number of rotatable bonds is 5. The van der Waals surface area contributed by atoms with Gasteiger partial charge < -0.3 is 10.2 Å². The lowest BCUT2D eigenvalue weighted by atomic mass is 10.1. The molecule has 0 saturated carbocycles. The highest BCUT2D eigenvalue weighted by molar-refractivity contribution is 5.95. The van der Waals surface area contributed by atoms with Crippen molar-refractivity contribution in [3.63, 3.8) is 0 Å². The van der Waals surface area contributed by atoms with Crippen molar-refractivity contribution in [1.82, 2.24) is 15.1 Å². The summed E-state index contributed by atoms with van der Waals surface area (Å²) in [4.78, 5) is 27.0. The molecule has 170 valence electrons. The SMILES string of the molecule is O=C(NCc1cccc(N2CCCCC2=O)c1)c1nn(-c2ccc(F)c(F)c2)c2c1CCC2. The lowest BCUT2D eigenvalue weighted by molar-refractivity contribution is -0.119. The molecule has 1 aliphatic heterocycles. The third-order valence-corrected chi connectivity index (χ3v) is 6.29. The normalized spacial score (nSPS) is 15.6. The summed E-state index contributed by atoms with van der Waals surface area (Å²) in [6.07, 6.45) is 4.79. The van der Waals surface area contributed by atoms with Crippen molar-refractivity contribution in [3.05, 3.63) is 76.6 Å². The van der Waals surface area contributed by atoms with E-state index in [1.165, 1.54) is 6.07 Å². The van der Waals surface area contributed by atoms with Gasteiger partial charge >= 0.3 is 0 Å². The summed E-state index contributed by atoms with van der Waals surface area (Å²) in [7, 11) is 0. The van der Waals surface area contributed by atoms with Crippen molar-refractivity contribution in [3.8, 4) is 5.69 Å². The smallest absolute Gasteiger partial charge is 0.272 e. The van der Waals surface area contributed by atoms with E-state index in [2.05, 4.69) is 10.4 Å². The van der Waals surface area contributed by atoms with Gasteiger partial charge in [0, 0.05) is 42.5 Å². The highest BCUT2D eigenvalue weighted by Crippen LogP contribution is 2.28. The van der Waals surface area contributed by atoms with E-state index in [4.69, 9.17) is 0 Å². The Morgan fingerprint density at radius 2 is 1.85 bits per heavy atom. The third kappa shape index (κ3) is 4.13. The number of nitrogens with zero attached hydrogens (tertiary/aromatic N) is 3. The topological polar surface area (TPSA) is 67.2 Å². The highest BCUT2D eigenvalue weighted by atomic mass is 19.2. The Morgan fingerprint density at radius 3 is 2.67 bits per heavy atom. The van der Waals surface area contributed by atoms with Crippen molar-refractivity contribution in [2.45, 2.75) is 45.1 Å². The summed E-state index contributed by atoms with van der Waals surface area (Å²) in [5, 5.41) is 7.37. The largest absolute Gasteiger partial charge is 0.347 e. The molecular formula is C25H24F2N4O2. The molecular weight excluding hydrogens is 426 g/mol. The predicted molar refractivity (Wildman–Crippen MR) is 119 cm³/mol. The number of carbonyl (C=O) groups is 2. The first-order valence-electron chi connectivity index (χ1n) is 11.2. The van der Waals surface area contributed by atoms with Gasteiger partial charge in [-0.25, -0.2) is 13.5 Å². The number of aromatic nitrogens is 2. The fourth-order valence-corrected chi connectivity index (χ4v) is 4.63. The van der Waals surface area contributed by atoms with Crippen LogP contribution in [0.2, 0.25) is 0 Å². The first-order chi connectivity index (χ1) is 16.0. The van der Waals surface area contributed by atoms with Crippen LogP contribution in [0.15, 0.2) is 42.5 Å². The fraction of sp³-hybridized carbons (Fsp3) is 0.320. The number of hydrogen-bond donors (Lipinski definition) is 1. The van der Waals surface area contributed by atoms with Gasteiger partial charge in [0.1, 0.15) is 0 Å². The number of hydrogen-bond acceptors (Lipinski definition) is 3. The number of carbonyl (C=O) groups excluding carboxylic acids is 2. The number of fused-ring (bicyclic) bond motifs is 1. The predicted octanol–water partition coefficient (Wildman–Crippen LogP) is 4.09. The van der Waals surface area contributed by atoms with Crippen LogP contribution in [-0.2, 0) is 24.2 Å². The lowest BCUT2D eigenvalue weighted by Crippen LogP contribution is -2.35. The van der Waals surface area contributed by atoms with Crippen molar-refractivity contribution in [1.29, 1.82) is 0 Å². The Bertz CT molecular complexity index is 1240. The van der Waals surface area contributed by atoms with Gasteiger partial charge in [0.25, 0.3) is 5.91 Å². The van der Waals surface area contributed by atoms with E-state index < -0.39 is 11.6 Å².